The summed E-state index contributed by atoms with van der Waals surface area (Å²) in [6.07, 6.45) is 3.34. The predicted octanol–water partition coefficient (Wildman–Crippen LogP) is 0.569. The molecule has 1 unspecified atom stereocenters. The molecule has 3 N–H and O–H groups in total. The van der Waals surface area contributed by atoms with Crippen LogP contribution in [0.15, 0.2) is 48.2 Å². The van der Waals surface area contributed by atoms with Crippen LogP contribution in [0.2, 0.25) is 0 Å². The van der Waals surface area contributed by atoms with Crippen LogP contribution in [-0.4, -0.2) is 63.6 Å². The molecule has 0 bridgehead atoms. The van der Waals surface area contributed by atoms with Gasteiger partial charge in [0.25, 0.3) is 5.91 Å². The molecular weight excluding hydrogens is 350 g/mol. The van der Waals surface area contributed by atoms with Gasteiger partial charge in [-0.3, -0.25) is 19.4 Å². The third kappa shape index (κ3) is 4.12. The molecule has 1 aromatic carbocycles. The molecule has 1 aliphatic rings. The minimum atomic E-state index is -1.16. The number of amides is 2. The van der Waals surface area contributed by atoms with Crippen LogP contribution in [0.1, 0.15) is 16.9 Å². The maximum atomic E-state index is 12.7. The standard InChI is InChI=1S/C19H19N3O5/c23-11-12-5-6-15(19(27)22(9-12)10-16(24)25)21-18(26)17-14-4-2-1-3-13(14)7-8-20-17/h1-5,7-8,15,23H,6,9-11H2,(H,21,26)(H,24,25). The number of fused-ring (bicyclic) bond motifs is 1. The zero-order chi connectivity index (χ0) is 19.4. The number of rotatable bonds is 5. The molecule has 2 heterocycles. The second-order valence-corrected chi connectivity index (χ2v) is 6.25. The van der Waals surface area contributed by atoms with E-state index in [-0.39, 0.29) is 25.3 Å². The molecule has 1 aliphatic heterocycles. The smallest absolute Gasteiger partial charge is 0.323 e. The third-order valence-electron chi connectivity index (χ3n) is 4.37. The van der Waals surface area contributed by atoms with Crippen LogP contribution < -0.4 is 5.32 Å². The van der Waals surface area contributed by atoms with Crippen molar-refractivity contribution in [3.05, 3.63) is 53.9 Å². The van der Waals surface area contributed by atoms with Crippen LogP contribution in [0.4, 0.5) is 0 Å². The maximum Gasteiger partial charge on any atom is 0.323 e. The van der Waals surface area contributed by atoms with Gasteiger partial charge in [-0.05, 0) is 23.4 Å². The number of carboxylic acid groups (broad SMARTS) is 1. The highest BCUT2D eigenvalue weighted by Gasteiger charge is 2.30. The number of nitrogens with zero attached hydrogens (tertiary/aromatic N) is 2. The van der Waals surface area contributed by atoms with Gasteiger partial charge in [-0.25, -0.2) is 0 Å². The lowest BCUT2D eigenvalue weighted by Crippen LogP contribution is -2.49. The summed E-state index contributed by atoms with van der Waals surface area (Å²) < 4.78 is 0. The molecule has 1 atom stereocenters. The molecule has 2 aromatic rings. The Hall–Kier alpha value is -3.26. The number of aliphatic hydroxyl groups excluding tert-OH is 1. The Morgan fingerprint density at radius 1 is 1.26 bits per heavy atom. The number of benzene rings is 1. The van der Waals surface area contributed by atoms with Crippen LogP contribution in [0.25, 0.3) is 10.8 Å². The van der Waals surface area contributed by atoms with Gasteiger partial charge < -0.3 is 20.4 Å². The second kappa shape index (κ2) is 7.96. The van der Waals surface area contributed by atoms with Crippen LogP contribution in [0.5, 0.6) is 0 Å². The summed E-state index contributed by atoms with van der Waals surface area (Å²) in [7, 11) is 0. The van der Waals surface area contributed by atoms with Crippen molar-refractivity contribution < 1.29 is 24.6 Å². The lowest BCUT2D eigenvalue weighted by Gasteiger charge is -2.24. The van der Waals surface area contributed by atoms with Gasteiger partial charge in [0.15, 0.2) is 0 Å². The topological polar surface area (TPSA) is 120 Å². The van der Waals surface area contributed by atoms with Crippen molar-refractivity contribution in [3.63, 3.8) is 0 Å². The minimum Gasteiger partial charge on any atom is -0.480 e. The highest BCUT2D eigenvalue weighted by Crippen LogP contribution is 2.17. The fraction of sp³-hybridized carbons (Fsp3) is 0.263. The summed E-state index contributed by atoms with van der Waals surface area (Å²) >= 11 is 0. The zero-order valence-corrected chi connectivity index (χ0v) is 14.5. The first-order chi connectivity index (χ1) is 13.0. The van der Waals surface area contributed by atoms with Gasteiger partial charge in [-0.2, -0.15) is 0 Å². The molecule has 3 rings (SSSR count). The van der Waals surface area contributed by atoms with Crippen molar-refractivity contribution in [3.8, 4) is 0 Å². The molecule has 1 aromatic heterocycles. The first kappa shape index (κ1) is 18.5. The van der Waals surface area contributed by atoms with Crippen LogP contribution >= 0.6 is 0 Å². The molecule has 27 heavy (non-hydrogen) atoms. The number of aliphatic carboxylic acids is 1. The quantitative estimate of drug-likeness (QED) is 0.663. The first-order valence-electron chi connectivity index (χ1n) is 8.43. The summed E-state index contributed by atoms with van der Waals surface area (Å²) in [4.78, 5) is 41.7. The van der Waals surface area contributed by atoms with E-state index in [9.17, 15) is 19.5 Å². The molecule has 8 heteroatoms. The predicted molar refractivity (Wildman–Crippen MR) is 97.0 cm³/mol. The minimum absolute atomic E-state index is 0.0144. The van der Waals surface area contributed by atoms with E-state index in [4.69, 9.17) is 5.11 Å². The lowest BCUT2D eigenvalue weighted by molar-refractivity contribution is -0.144. The average molecular weight is 369 g/mol. The van der Waals surface area contributed by atoms with Gasteiger partial charge in [-0.15, -0.1) is 0 Å². The monoisotopic (exact) mass is 369 g/mol. The van der Waals surface area contributed by atoms with Crippen molar-refractivity contribution in [1.29, 1.82) is 0 Å². The number of aliphatic hydroxyl groups is 1. The number of nitrogens with one attached hydrogen (secondary N) is 1. The third-order valence-corrected chi connectivity index (χ3v) is 4.37. The Morgan fingerprint density at radius 3 is 2.78 bits per heavy atom. The molecule has 0 saturated carbocycles. The van der Waals surface area contributed by atoms with Gasteiger partial charge in [0.2, 0.25) is 5.91 Å². The molecule has 0 radical (unpaired) electrons. The SMILES string of the molecule is O=C(O)CN1CC(CO)=CCC(NC(=O)c2nccc3ccccc23)C1=O. The number of hydrogen-bond donors (Lipinski definition) is 3. The van der Waals surface area contributed by atoms with Crippen molar-refractivity contribution in [2.24, 2.45) is 0 Å². The second-order valence-electron chi connectivity index (χ2n) is 6.25. The molecule has 140 valence electrons. The molecule has 0 spiro atoms. The zero-order valence-electron chi connectivity index (χ0n) is 14.5. The van der Waals surface area contributed by atoms with Crippen molar-refractivity contribution in [1.82, 2.24) is 15.2 Å². The summed E-state index contributed by atoms with van der Waals surface area (Å²) in [5.74, 6) is -2.18. The lowest BCUT2D eigenvalue weighted by atomic mass is 10.1. The number of hydrogen-bond acceptors (Lipinski definition) is 5. The highest BCUT2D eigenvalue weighted by atomic mass is 16.4. The Bertz CT molecular complexity index is 919. The first-order valence-corrected chi connectivity index (χ1v) is 8.43. The van der Waals surface area contributed by atoms with Crippen LogP contribution in [0, 0.1) is 0 Å². The summed E-state index contributed by atoms with van der Waals surface area (Å²) in [6.45, 7) is -0.773. The van der Waals surface area contributed by atoms with Crippen molar-refractivity contribution in [2.45, 2.75) is 12.5 Å². The fourth-order valence-electron chi connectivity index (χ4n) is 3.05. The van der Waals surface area contributed by atoms with Gasteiger partial charge in [0.1, 0.15) is 18.3 Å². The number of aromatic nitrogens is 1. The molecule has 0 fully saturated rings. The average Bonchev–Trinajstić information content (AvgIpc) is 2.80. The van der Waals surface area contributed by atoms with E-state index in [1.807, 2.05) is 12.1 Å². The summed E-state index contributed by atoms with van der Waals surface area (Å²) in [5.41, 5.74) is 0.728. The largest absolute Gasteiger partial charge is 0.480 e. The fourth-order valence-corrected chi connectivity index (χ4v) is 3.05. The van der Waals surface area contributed by atoms with E-state index in [2.05, 4.69) is 10.3 Å². The van der Waals surface area contributed by atoms with E-state index in [1.165, 1.54) is 6.20 Å². The van der Waals surface area contributed by atoms with E-state index in [0.717, 1.165) is 10.3 Å². The number of carboxylic acids is 1. The Labute approximate surface area is 155 Å². The van der Waals surface area contributed by atoms with Crippen molar-refractivity contribution in [2.75, 3.05) is 19.7 Å². The van der Waals surface area contributed by atoms with Gasteiger partial charge in [-0.1, -0.05) is 30.3 Å². The Kier molecular flexibility index (Phi) is 5.46. The molecule has 0 aliphatic carbocycles. The summed E-state index contributed by atoms with van der Waals surface area (Å²) in [6, 6.07) is 8.13. The number of carbonyl (C=O) groups is 3. The van der Waals surface area contributed by atoms with Crippen LogP contribution in [-0.2, 0) is 9.59 Å². The maximum absolute atomic E-state index is 12.7. The van der Waals surface area contributed by atoms with Gasteiger partial charge >= 0.3 is 5.97 Å². The normalized spacial score (nSPS) is 17.4. The van der Waals surface area contributed by atoms with Crippen molar-refractivity contribution >= 4 is 28.6 Å². The number of pyridine rings is 1. The van der Waals surface area contributed by atoms with E-state index >= 15 is 0 Å². The highest BCUT2D eigenvalue weighted by molar-refractivity contribution is 6.06. The molecular formula is C19H19N3O5. The van der Waals surface area contributed by atoms with Crippen LogP contribution in [0.3, 0.4) is 0 Å². The Morgan fingerprint density at radius 2 is 2.04 bits per heavy atom. The van der Waals surface area contributed by atoms with E-state index in [1.54, 1.807) is 24.3 Å². The molecule has 0 saturated heterocycles. The molecule has 2 amide bonds. The van der Waals surface area contributed by atoms with E-state index in [0.29, 0.717) is 11.0 Å². The molecule has 8 nitrogen and oxygen atoms in total. The Balaban J connectivity index is 1.86. The number of carbonyl (C=O) groups excluding carboxylic acids is 2. The van der Waals surface area contributed by atoms with E-state index < -0.39 is 30.4 Å². The van der Waals surface area contributed by atoms with Gasteiger partial charge in [0.05, 0.1) is 6.61 Å². The van der Waals surface area contributed by atoms with Gasteiger partial charge in [0, 0.05) is 18.1 Å². The summed E-state index contributed by atoms with van der Waals surface area (Å²) in [5, 5.41) is 22.6.